The predicted molar refractivity (Wildman–Crippen MR) is 139 cm³/mol. The van der Waals surface area contributed by atoms with Crippen LogP contribution in [0.1, 0.15) is 35.1 Å². The first-order valence-electron chi connectivity index (χ1n) is 12.3. The highest BCUT2D eigenvalue weighted by atomic mass is 32.2. The van der Waals surface area contributed by atoms with Crippen molar-refractivity contribution in [2.24, 2.45) is 5.92 Å². The molecule has 1 amide bonds. The topological polar surface area (TPSA) is 57.7 Å². The van der Waals surface area contributed by atoms with Crippen LogP contribution in [0.5, 0.6) is 0 Å². The summed E-state index contributed by atoms with van der Waals surface area (Å²) >= 11 is 0. The summed E-state index contributed by atoms with van der Waals surface area (Å²) in [6.07, 6.45) is 2.89. The van der Waals surface area contributed by atoms with Crippen molar-refractivity contribution in [1.29, 1.82) is 0 Å². The van der Waals surface area contributed by atoms with Crippen LogP contribution in [-0.4, -0.2) is 43.2 Å². The first-order chi connectivity index (χ1) is 16.8. The summed E-state index contributed by atoms with van der Waals surface area (Å²) in [5.41, 5.74) is 4.24. The van der Waals surface area contributed by atoms with E-state index in [2.05, 4.69) is 24.3 Å². The molecule has 1 fully saturated rings. The van der Waals surface area contributed by atoms with Crippen LogP contribution in [0.3, 0.4) is 0 Å². The largest absolute Gasteiger partial charge is 0.342 e. The Morgan fingerprint density at radius 1 is 0.857 bits per heavy atom. The second-order valence-electron chi connectivity index (χ2n) is 9.59. The van der Waals surface area contributed by atoms with E-state index in [-0.39, 0.29) is 23.9 Å². The van der Waals surface area contributed by atoms with Crippen LogP contribution in [0, 0.1) is 19.8 Å². The number of likely N-dealkylation sites (tertiary alicyclic amines) is 1. The third-order valence-electron chi connectivity index (χ3n) is 6.75. The Kier molecular flexibility index (Phi) is 8.04. The van der Waals surface area contributed by atoms with Gasteiger partial charge in [-0.15, -0.1) is 0 Å². The third-order valence-corrected chi connectivity index (χ3v) is 8.55. The molecule has 0 unspecified atom stereocenters. The Hall–Kier alpha value is -2.96. The fourth-order valence-corrected chi connectivity index (χ4v) is 6.06. The van der Waals surface area contributed by atoms with E-state index < -0.39 is 10.0 Å². The summed E-state index contributed by atoms with van der Waals surface area (Å²) in [5, 5.41) is 0. The molecule has 0 N–H and O–H groups in total. The molecule has 0 spiro atoms. The molecule has 1 aliphatic heterocycles. The van der Waals surface area contributed by atoms with Gasteiger partial charge in [0.1, 0.15) is 0 Å². The van der Waals surface area contributed by atoms with Gasteiger partial charge in [-0.1, -0.05) is 77.9 Å². The fourth-order valence-electron chi connectivity index (χ4n) is 4.68. The van der Waals surface area contributed by atoms with E-state index in [9.17, 15) is 13.2 Å². The predicted octanol–water partition coefficient (Wildman–Crippen LogP) is 4.98. The first kappa shape index (κ1) is 25.1. The van der Waals surface area contributed by atoms with E-state index in [4.69, 9.17) is 0 Å². The lowest BCUT2D eigenvalue weighted by Crippen LogP contribution is -2.45. The lowest BCUT2D eigenvalue weighted by atomic mass is 9.90. The van der Waals surface area contributed by atoms with Gasteiger partial charge in [0.05, 0.1) is 11.4 Å². The summed E-state index contributed by atoms with van der Waals surface area (Å²) in [5.74, 6) is 0.410. The summed E-state index contributed by atoms with van der Waals surface area (Å²) in [4.78, 5) is 15.3. The minimum atomic E-state index is -3.83. The standard InChI is InChI=1S/C29H34N2O3S/c1-23-11-13-28(14-12-23)35(33,34)31(21-27-10-6-7-24(2)19-27)22-29(32)30-17-15-26(16-18-30)20-25-8-4-3-5-9-25/h3-14,19,26H,15-18,20-22H2,1-2H3. The number of hydrogen-bond acceptors (Lipinski definition) is 3. The number of aryl methyl sites for hydroxylation is 2. The highest BCUT2D eigenvalue weighted by molar-refractivity contribution is 7.89. The van der Waals surface area contributed by atoms with E-state index >= 15 is 0 Å². The van der Waals surface area contributed by atoms with Crippen LogP contribution in [0.4, 0.5) is 0 Å². The molecule has 4 rings (SSSR count). The van der Waals surface area contributed by atoms with Gasteiger partial charge in [-0.2, -0.15) is 4.31 Å². The summed E-state index contributed by atoms with van der Waals surface area (Å²) in [6.45, 7) is 5.24. The van der Waals surface area contributed by atoms with Crippen LogP contribution in [-0.2, 0) is 27.8 Å². The zero-order chi connectivity index (χ0) is 24.8. The van der Waals surface area contributed by atoms with Gasteiger partial charge < -0.3 is 4.90 Å². The minimum absolute atomic E-state index is 0.133. The minimum Gasteiger partial charge on any atom is -0.342 e. The normalized spacial score (nSPS) is 14.9. The number of benzene rings is 3. The van der Waals surface area contributed by atoms with Gasteiger partial charge in [0.2, 0.25) is 15.9 Å². The number of hydrogen-bond donors (Lipinski definition) is 0. The van der Waals surface area contributed by atoms with E-state index in [1.54, 1.807) is 24.3 Å². The van der Waals surface area contributed by atoms with Crippen molar-refractivity contribution < 1.29 is 13.2 Å². The Morgan fingerprint density at radius 2 is 1.51 bits per heavy atom. The number of sulfonamides is 1. The Morgan fingerprint density at radius 3 is 2.17 bits per heavy atom. The molecule has 1 aliphatic rings. The molecule has 0 bridgehead atoms. The lowest BCUT2D eigenvalue weighted by molar-refractivity contribution is -0.132. The van der Waals surface area contributed by atoms with Gasteiger partial charge in [-0.3, -0.25) is 4.79 Å². The molecule has 3 aromatic rings. The fraction of sp³-hybridized carbons (Fsp3) is 0.345. The van der Waals surface area contributed by atoms with Crippen molar-refractivity contribution in [3.8, 4) is 0 Å². The molecular formula is C29H34N2O3S. The number of rotatable bonds is 8. The Bertz CT molecular complexity index is 1230. The molecule has 0 aliphatic carbocycles. The van der Waals surface area contributed by atoms with Gasteiger partial charge >= 0.3 is 0 Å². The van der Waals surface area contributed by atoms with Crippen LogP contribution < -0.4 is 0 Å². The maximum Gasteiger partial charge on any atom is 0.243 e. The van der Waals surface area contributed by atoms with E-state index in [0.717, 1.165) is 36.0 Å². The van der Waals surface area contributed by atoms with E-state index in [1.165, 1.54) is 9.87 Å². The summed E-state index contributed by atoms with van der Waals surface area (Å²) in [7, 11) is -3.83. The number of carbonyl (C=O) groups excluding carboxylic acids is 1. The Labute approximate surface area is 209 Å². The first-order valence-corrected chi connectivity index (χ1v) is 13.7. The molecule has 0 aromatic heterocycles. The van der Waals surface area contributed by atoms with Crippen molar-refractivity contribution in [3.05, 3.63) is 101 Å². The zero-order valence-electron chi connectivity index (χ0n) is 20.6. The van der Waals surface area contributed by atoms with Gasteiger partial charge in [0.15, 0.2) is 0 Å². The highest BCUT2D eigenvalue weighted by Crippen LogP contribution is 2.24. The van der Waals surface area contributed by atoms with Crippen LogP contribution >= 0.6 is 0 Å². The molecule has 1 saturated heterocycles. The summed E-state index contributed by atoms with van der Waals surface area (Å²) in [6, 6.07) is 25.0. The van der Waals surface area contributed by atoms with E-state index in [1.807, 2.05) is 49.1 Å². The molecule has 1 heterocycles. The molecule has 184 valence electrons. The van der Waals surface area contributed by atoms with Crippen LogP contribution in [0.2, 0.25) is 0 Å². The molecule has 5 nitrogen and oxygen atoms in total. The van der Waals surface area contributed by atoms with Gasteiger partial charge in [0, 0.05) is 19.6 Å². The molecular weight excluding hydrogens is 456 g/mol. The van der Waals surface area contributed by atoms with Gasteiger partial charge in [-0.25, -0.2) is 8.42 Å². The average Bonchev–Trinajstić information content (AvgIpc) is 2.85. The number of amides is 1. The average molecular weight is 491 g/mol. The summed E-state index contributed by atoms with van der Waals surface area (Å²) < 4.78 is 28.4. The smallest absolute Gasteiger partial charge is 0.243 e. The van der Waals surface area contributed by atoms with Gasteiger partial charge in [0.25, 0.3) is 0 Å². The van der Waals surface area contributed by atoms with Gasteiger partial charge in [-0.05, 0) is 62.3 Å². The SMILES string of the molecule is Cc1ccc(S(=O)(=O)N(CC(=O)N2CCC(Cc3ccccc3)CC2)Cc2cccc(C)c2)cc1. The molecule has 0 atom stereocenters. The Balaban J connectivity index is 1.46. The molecule has 35 heavy (non-hydrogen) atoms. The number of carbonyl (C=O) groups is 1. The highest BCUT2D eigenvalue weighted by Gasteiger charge is 2.30. The number of piperidine rings is 1. The second-order valence-corrected chi connectivity index (χ2v) is 11.5. The van der Waals surface area contributed by atoms with Crippen molar-refractivity contribution in [1.82, 2.24) is 9.21 Å². The van der Waals surface area contributed by atoms with Crippen LogP contribution in [0.15, 0.2) is 83.8 Å². The monoisotopic (exact) mass is 490 g/mol. The van der Waals surface area contributed by atoms with Crippen molar-refractivity contribution in [3.63, 3.8) is 0 Å². The quantitative estimate of drug-likeness (QED) is 0.448. The lowest BCUT2D eigenvalue weighted by Gasteiger charge is -2.33. The second kappa shape index (κ2) is 11.2. The van der Waals surface area contributed by atoms with Crippen LogP contribution in [0.25, 0.3) is 0 Å². The molecule has 6 heteroatoms. The maximum atomic E-state index is 13.6. The van der Waals surface area contributed by atoms with E-state index in [0.29, 0.717) is 19.0 Å². The molecule has 0 radical (unpaired) electrons. The van der Waals surface area contributed by atoms with Crippen molar-refractivity contribution >= 4 is 15.9 Å². The third kappa shape index (κ3) is 6.59. The van der Waals surface area contributed by atoms with Crippen molar-refractivity contribution in [2.45, 2.75) is 44.6 Å². The van der Waals surface area contributed by atoms with Crippen molar-refractivity contribution in [2.75, 3.05) is 19.6 Å². The molecule has 3 aromatic carbocycles. The zero-order valence-corrected chi connectivity index (χ0v) is 21.4. The maximum absolute atomic E-state index is 13.6. The number of nitrogens with zero attached hydrogens (tertiary/aromatic N) is 2. The molecule has 0 saturated carbocycles.